The highest BCUT2D eigenvalue weighted by Gasteiger charge is 2.27. The van der Waals surface area contributed by atoms with Gasteiger partial charge in [-0.15, -0.1) is 0 Å². The van der Waals surface area contributed by atoms with Crippen LogP contribution >= 0.6 is 0 Å². The number of ether oxygens (including phenoxy) is 1. The molecule has 0 aliphatic heterocycles. The monoisotopic (exact) mass is 381 g/mol. The van der Waals surface area contributed by atoms with Gasteiger partial charge < -0.3 is 15.2 Å². The third-order valence-corrected chi connectivity index (χ3v) is 4.60. The van der Waals surface area contributed by atoms with Crippen LogP contribution in [0.2, 0.25) is 0 Å². The largest absolute Gasteiger partial charge is 0.475 e. The Hall–Kier alpha value is -3.82. The van der Waals surface area contributed by atoms with E-state index in [1.54, 1.807) is 18.2 Å². The summed E-state index contributed by atoms with van der Waals surface area (Å²) in [6.45, 7) is 0. The molecule has 2 aromatic heterocycles. The Morgan fingerprint density at radius 1 is 1.25 bits per heavy atom. The van der Waals surface area contributed by atoms with Crippen molar-refractivity contribution >= 4 is 23.5 Å². The van der Waals surface area contributed by atoms with Crippen molar-refractivity contribution in [3.8, 4) is 0 Å². The number of esters is 1. The Kier molecular flexibility index (Phi) is 4.22. The van der Waals surface area contributed by atoms with Crippen molar-refractivity contribution < 1.29 is 24.2 Å². The Morgan fingerprint density at radius 2 is 2.07 bits per heavy atom. The van der Waals surface area contributed by atoms with Gasteiger partial charge in [-0.1, -0.05) is 6.07 Å². The molecule has 0 bridgehead atoms. The molecule has 1 aromatic carbocycles. The Labute approximate surface area is 158 Å². The zero-order valence-corrected chi connectivity index (χ0v) is 14.7. The van der Waals surface area contributed by atoms with E-state index in [1.807, 2.05) is 0 Å². The van der Waals surface area contributed by atoms with Gasteiger partial charge in [-0.2, -0.15) is 14.6 Å². The summed E-state index contributed by atoms with van der Waals surface area (Å²) in [5.74, 6) is -2.95. The zero-order chi connectivity index (χ0) is 19.8. The molecule has 0 radical (unpaired) electrons. The summed E-state index contributed by atoms with van der Waals surface area (Å²) in [5, 5.41) is 16.0. The summed E-state index contributed by atoms with van der Waals surface area (Å²) in [5.41, 5.74) is 2.51. The Bertz CT molecular complexity index is 1120. The van der Waals surface area contributed by atoms with Gasteiger partial charge in [-0.25, -0.2) is 14.6 Å². The van der Waals surface area contributed by atoms with Crippen molar-refractivity contribution in [3.63, 3.8) is 0 Å². The Balaban J connectivity index is 1.60. The highest BCUT2D eigenvalue weighted by atomic mass is 16.5. The summed E-state index contributed by atoms with van der Waals surface area (Å²) in [4.78, 5) is 43.6. The zero-order valence-electron chi connectivity index (χ0n) is 14.7. The number of aromatic carboxylic acids is 1. The number of carboxylic acid groups (broad SMARTS) is 1. The highest BCUT2D eigenvalue weighted by Crippen LogP contribution is 2.32. The first-order valence-electron chi connectivity index (χ1n) is 8.45. The lowest BCUT2D eigenvalue weighted by Crippen LogP contribution is -2.30. The van der Waals surface area contributed by atoms with Gasteiger partial charge in [-0.05, 0) is 36.1 Å². The molecule has 10 nitrogen and oxygen atoms in total. The van der Waals surface area contributed by atoms with Gasteiger partial charge in [0.2, 0.25) is 11.6 Å². The van der Waals surface area contributed by atoms with Gasteiger partial charge in [-0.3, -0.25) is 4.79 Å². The quantitative estimate of drug-likeness (QED) is 0.640. The summed E-state index contributed by atoms with van der Waals surface area (Å²) in [6, 6.07) is 6.39. The molecule has 3 aromatic rings. The molecule has 4 rings (SSSR count). The minimum atomic E-state index is -1.31. The molecule has 0 unspecified atom stereocenters. The lowest BCUT2D eigenvalue weighted by Gasteiger charge is -2.14. The van der Waals surface area contributed by atoms with Crippen LogP contribution in [0.25, 0.3) is 5.65 Å². The SMILES string of the molecule is COC(=O)c1ccc2c(c1)CC[C@@H]2NC(=O)c1nc(C(=O)O)n2nccc2n1. The lowest BCUT2D eigenvalue weighted by atomic mass is 10.0. The fourth-order valence-electron chi connectivity index (χ4n) is 3.30. The van der Waals surface area contributed by atoms with E-state index in [0.717, 1.165) is 15.6 Å². The number of rotatable bonds is 4. The molecule has 10 heteroatoms. The molecule has 1 atom stereocenters. The second-order valence-corrected chi connectivity index (χ2v) is 6.25. The van der Waals surface area contributed by atoms with Crippen LogP contribution in [0.5, 0.6) is 0 Å². The van der Waals surface area contributed by atoms with Crippen molar-refractivity contribution in [2.75, 3.05) is 7.11 Å². The summed E-state index contributed by atoms with van der Waals surface area (Å²) >= 11 is 0. The fraction of sp³-hybridized carbons (Fsp3) is 0.222. The highest BCUT2D eigenvalue weighted by molar-refractivity contribution is 5.93. The maximum Gasteiger partial charge on any atom is 0.374 e. The van der Waals surface area contributed by atoms with Crippen LogP contribution in [0.3, 0.4) is 0 Å². The van der Waals surface area contributed by atoms with E-state index in [9.17, 15) is 19.5 Å². The standard InChI is InChI=1S/C18H15N5O5/c1-28-18(27)10-2-4-11-9(8-10)3-5-12(11)20-16(24)14-21-13-6-7-19-23(13)15(22-14)17(25)26/h2,4,6-8,12H,3,5H2,1H3,(H,20,24)(H,25,26)/t12-/m0/s1. The maximum absolute atomic E-state index is 12.6. The van der Waals surface area contributed by atoms with E-state index in [1.165, 1.54) is 19.4 Å². The number of nitrogens with one attached hydrogen (secondary N) is 1. The molecule has 0 spiro atoms. The van der Waals surface area contributed by atoms with Gasteiger partial charge >= 0.3 is 11.9 Å². The van der Waals surface area contributed by atoms with Crippen molar-refractivity contribution in [2.24, 2.45) is 0 Å². The van der Waals surface area contributed by atoms with Crippen molar-refractivity contribution in [3.05, 3.63) is 58.8 Å². The first-order valence-corrected chi connectivity index (χ1v) is 8.45. The van der Waals surface area contributed by atoms with Gasteiger partial charge in [0.1, 0.15) is 0 Å². The first kappa shape index (κ1) is 17.6. The van der Waals surface area contributed by atoms with Crippen LogP contribution in [0.15, 0.2) is 30.5 Å². The number of benzene rings is 1. The van der Waals surface area contributed by atoms with E-state index >= 15 is 0 Å². The molecule has 1 aliphatic rings. The van der Waals surface area contributed by atoms with Gasteiger partial charge in [0.15, 0.2) is 5.65 Å². The fourth-order valence-corrected chi connectivity index (χ4v) is 3.30. The summed E-state index contributed by atoms with van der Waals surface area (Å²) < 4.78 is 5.78. The molecular weight excluding hydrogens is 366 g/mol. The molecule has 1 aliphatic carbocycles. The van der Waals surface area contributed by atoms with Crippen LogP contribution in [-0.2, 0) is 11.2 Å². The van der Waals surface area contributed by atoms with Crippen LogP contribution in [0.1, 0.15) is 55.2 Å². The third kappa shape index (κ3) is 2.94. The van der Waals surface area contributed by atoms with E-state index in [-0.39, 0.29) is 17.5 Å². The third-order valence-electron chi connectivity index (χ3n) is 4.60. The number of fused-ring (bicyclic) bond motifs is 2. The average molecular weight is 381 g/mol. The van der Waals surface area contributed by atoms with Gasteiger partial charge in [0, 0.05) is 6.07 Å². The van der Waals surface area contributed by atoms with Gasteiger partial charge in [0.25, 0.3) is 5.91 Å². The van der Waals surface area contributed by atoms with E-state index in [2.05, 4.69) is 20.4 Å². The first-order chi connectivity index (χ1) is 13.5. The number of aryl methyl sites for hydroxylation is 1. The average Bonchev–Trinajstić information content (AvgIpc) is 3.32. The van der Waals surface area contributed by atoms with Crippen LogP contribution in [0.4, 0.5) is 0 Å². The summed E-state index contributed by atoms with van der Waals surface area (Å²) in [6.07, 6.45) is 2.71. The van der Waals surface area contributed by atoms with Gasteiger partial charge in [0.05, 0.1) is 24.9 Å². The second kappa shape index (κ2) is 6.72. The number of nitrogens with zero attached hydrogens (tertiary/aromatic N) is 4. The topological polar surface area (TPSA) is 136 Å². The number of amides is 1. The number of hydrogen-bond acceptors (Lipinski definition) is 7. The van der Waals surface area contributed by atoms with Crippen molar-refractivity contribution in [1.29, 1.82) is 0 Å². The van der Waals surface area contributed by atoms with Crippen LogP contribution in [0, 0.1) is 0 Å². The molecule has 28 heavy (non-hydrogen) atoms. The van der Waals surface area contributed by atoms with E-state index in [4.69, 9.17) is 4.74 Å². The van der Waals surface area contributed by atoms with Crippen LogP contribution in [-0.4, -0.2) is 49.6 Å². The minimum Gasteiger partial charge on any atom is -0.475 e. The van der Waals surface area contributed by atoms with Crippen molar-refractivity contribution in [2.45, 2.75) is 18.9 Å². The molecule has 2 N–H and O–H groups in total. The maximum atomic E-state index is 12.6. The van der Waals surface area contributed by atoms with E-state index < -0.39 is 23.7 Å². The number of aromatic nitrogens is 4. The number of hydrogen-bond donors (Lipinski definition) is 2. The molecule has 2 heterocycles. The predicted octanol–water partition coefficient (Wildman–Crippen LogP) is 1.03. The van der Waals surface area contributed by atoms with E-state index in [0.29, 0.717) is 18.4 Å². The minimum absolute atomic E-state index is 0.215. The molecule has 142 valence electrons. The number of carboxylic acids is 1. The smallest absolute Gasteiger partial charge is 0.374 e. The second-order valence-electron chi connectivity index (χ2n) is 6.25. The number of carbonyl (C=O) groups excluding carboxylic acids is 2. The molecule has 1 amide bonds. The summed E-state index contributed by atoms with van der Waals surface area (Å²) in [7, 11) is 1.32. The Morgan fingerprint density at radius 3 is 2.82 bits per heavy atom. The van der Waals surface area contributed by atoms with Crippen molar-refractivity contribution in [1.82, 2.24) is 24.9 Å². The normalized spacial score (nSPS) is 15.2. The number of methoxy groups -OCH3 is 1. The molecule has 0 saturated carbocycles. The molecular formula is C18H15N5O5. The molecule has 0 saturated heterocycles. The van der Waals surface area contributed by atoms with Crippen LogP contribution < -0.4 is 5.32 Å². The molecule has 0 fully saturated rings. The lowest BCUT2D eigenvalue weighted by molar-refractivity contribution is 0.0599. The predicted molar refractivity (Wildman–Crippen MR) is 94.1 cm³/mol. The number of carbonyl (C=O) groups is 3.